The van der Waals surface area contributed by atoms with Crippen LogP contribution < -0.4 is 11.1 Å². The molecule has 0 saturated heterocycles. The predicted molar refractivity (Wildman–Crippen MR) is 72.8 cm³/mol. The standard InChI is InChI=1S/C13H17BrN2O/c1-8-11(14)3-2-4-12(8)16-13(17)9-5-6-10(15)7-9/h2-4,9-10H,5-7,15H2,1H3,(H,16,17). The quantitative estimate of drug-likeness (QED) is 0.882. The third-order valence-electron chi connectivity index (χ3n) is 3.37. The van der Waals surface area contributed by atoms with Gasteiger partial charge in [0.15, 0.2) is 0 Å². The van der Waals surface area contributed by atoms with E-state index in [2.05, 4.69) is 21.2 Å². The van der Waals surface area contributed by atoms with Crippen molar-refractivity contribution in [2.75, 3.05) is 5.32 Å². The van der Waals surface area contributed by atoms with E-state index < -0.39 is 0 Å². The summed E-state index contributed by atoms with van der Waals surface area (Å²) in [5.74, 6) is 0.169. The van der Waals surface area contributed by atoms with Crippen LogP contribution in [0.4, 0.5) is 5.69 Å². The van der Waals surface area contributed by atoms with Crippen molar-refractivity contribution >= 4 is 27.5 Å². The summed E-state index contributed by atoms with van der Waals surface area (Å²) in [7, 11) is 0. The molecule has 1 amide bonds. The molecule has 3 N–H and O–H groups in total. The van der Waals surface area contributed by atoms with E-state index in [1.807, 2.05) is 25.1 Å². The molecule has 1 fully saturated rings. The van der Waals surface area contributed by atoms with Crippen LogP contribution in [0.5, 0.6) is 0 Å². The van der Waals surface area contributed by atoms with Crippen LogP contribution in [0.1, 0.15) is 24.8 Å². The maximum atomic E-state index is 12.0. The molecule has 1 aromatic carbocycles. The number of nitrogens with two attached hydrogens (primary N) is 1. The monoisotopic (exact) mass is 296 g/mol. The minimum absolute atomic E-state index is 0.0726. The number of hydrogen-bond acceptors (Lipinski definition) is 2. The van der Waals surface area contributed by atoms with Crippen LogP contribution in [0.3, 0.4) is 0 Å². The zero-order valence-corrected chi connectivity index (χ0v) is 11.5. The van der Waals surface area contributed by atoms with E-state index in [0.717, 1.165) is 35.0 Å². The zero-order valence-electron chi connectivity index (χ0n) is 9.87. The molecule has 0 bridgehead atoms. The van der Waals surface area contributed by atoms with Gasteiger partial charge in [0, 0.05) is 22.1 Å². The average molecular weight is 297 g/mol. The number of carbonyl (C=O) groups is 1. The molecular formula is C13H17BrN2O. The number of anilines is 1. The highest BCUT2D eigenvalue weighted by atomic mass is 79.9. The highest BCUT2D eigenvalue weighted by Gasteiger charge is 2.27. The van der Waals surface area contributed by atoms with E-state index in [4.69, 9.17) is 5.73 Å². The van der Waals surface area contributed by atoms with Gasteiger partial charge in [0.2, 0.25) is 5.91 Å². The maximum absolute atomic E-state index is 12.0. The first-order valence-corrected chi connectivity index (χ1v) is 6.69. The lowest BCUT2D eigenvalue weighted by molar-refractivity contribution is -0.119. The SMILES string of the molecule is Cc1c(Br)cccc1NC(=O)C1CCC(N)C1. The number of halogens is 1. The van der Waals surface area contributed by atoms with Gasteiger partial charge in [-0.3, -0.25) is 4.79 Å². The summed E-state index contributed by atoms with van der Waals surface area (Å²) < 4.78 is 1.01. The molecule has 0 heterocycles. The first-order valence-electron chi connectivity index (χ1n) is 5.89. The Bertz CT molecular complexity index is 433. The Kier molecular flexibility index (Phi) is 3.84. The van der Waals surface area contributed by atoms with Crippen molar-refractivity contribution in [2.24, 2.45) is 11.7 Å². The fourth-order valence-electron chi connectivity index (χ4n) is 2.23. The second-order valence-electron chi connectivity index (χ2n) is 4.67. The van der Waals surface area contributed by atoms with E-state index in [1.54, 1.807) is 0 Å². The van der Waals surface area contributed by atoms with Gasteiger partial charge in [0.05, 0.1) is 0 Å². The summed E-state index contributed by atoms with van der Waals surface area (Å²) in [6.45, 7) is 1.99. The molecule has 1 aliphatic carbocycles. The third-order valence-corrected chi connectivity index (χ3v) is 4.23. The normalized spacial score (nSPS) is 23.7. The summed E-state index contributed by atoms with van der Waals surface area (Å²) >= 11 is 3.46. The Morgan fingerprint density at radius 1 is 1.47 bits per heavy atom. The summed E-state index contributed by atoms with van der Waals surface area (Å²) in [5, 5.41) is 2.99. The van der Waals surface area contributed by atoms with Crippen molar-refractivity contribution in [3.63, 3.8) is 0 Å². The van der Waals surface area contributed by atoms with Crippen molar-refractivity contribution in [2.45, 2.75) is 32.2 Å². The lowest BCUT2D eigenvalue weighted by Crippen LogP contribution is -2.23. The fraction of sp³-hybridized carbons (Fsp3) is 0.462. The summed E-state index contributed by atoms with van der Waals surface area (Å²) in [6, 6.07) is 6.01. The van der Waals surface area contributed by atoms with Gasteiger partial charge in [-0.05, 0) is 43.9 Å². The van der Waals surface area contributed by atoms with Crippen LogP contribution in [0.2, 0.25) is 0 Å². The highest BCUT2D eigenvalue weighted by Crippen LogP contribution is 2.28. The molecular weight excluding hydrogens is 280 g/mol. The van der Waals surface area contributed by atoms with Gasteiger partial charge in [-0.1, -0.05) is 22.0 Å². The molecule has 17 heavy (non-hydrogen) atoms. The molecule has 0 radical (unpaired) electrons. The Hall–Kier alpha value is -0.870. The number of amides is 1. The van der Waals surface area contributed by atoms with Gasteiger partial charge in [0.25, 0.3) is 0 Å². The van der Waals surface area contributed by atoms with Gasteiger partial charge < -0.3 is 11.1 Å². The van der Waals surface area contributed by atoms with Crippen LogP contribution in [-0.2, 0) is 4.79 Å². The molecule has 0 aliphatic heterocycles. The van der Waals surface area contributed by atoms with Crippen molar-refractivity contribution < 1.29 is 4.79 Å². The van der Waals surface area contributed by atoms with Gasteiger partial charge in [-0.25, -0.2) is 0 Å². The van der Waals surface area contributed by atoms with Gasteiger partial charge in [0.1, 0.15) is 0 Å². The summed E-state index contributed by atoms with van der Waals surface area (Å²) in [4.78, 5) is 12.0. The smallest absolute Gasteiger partial charge is 0.227 e. The molecule has 3 nitrogen and oxygen atoms in total. The van der Waals surface area contributed by atoms with Gasteiger partial charge >= 0.3 is 0 Å². The molecule has 1 aromatic rings. The van der Waals surface area contributed by atoms with Crippen LogP contribution >= 0.6 is 15.9 Å². The van der Waals surface area contributed by atoms with Crippen molar-refractivity contribution in [3.8, 4) is 0 Å². The summed E-state index contributed by atoms with van der Waals surface area (Å²) in [6.07, 6.45) is 2.66. The minimum Gasteiger partial charge on any atom is -0.328 e. The fourth-order valence-corrected chi connectivity index (χ4v) is 2.60. The Morgan fingerprint density at radius 2 is 2.24 bits per heavy atom. The lowest BCUT2D eigenvalue weighted by atomic mass is 10.1. The second-order valence-corrected chi connectivity index (χ2v) is 5.53. The van der Waals surface area contributed by atoms with Gasteiger partial charge in [-0.15, -0.1) is 0 Å². The molecule has 2 rings (SSSR count). The van der Waals surface area contributed by atoms with Crippen LogP contribution in [0, 0.1) is 12.8 Å². The number of hydrogen-bond donors (Lipinski definition) is 2. The van der Waals surface area contributed by atoms with Crippen molar-refractivity contribution in [1.82, 2.24) is 0 Å². The Labute approximate surface area is 110 Å². The van der Waals surface area contributed by atoms with E-state index in [1.165, 1.54) is 0 Å². The second kappa shape index (κ2) is 5.19. The van der Waals surface area contributed by atoms with Crippen molar-refractivity contribution in [3.05, 3.63) is 28.2 Å². The van der Waals surface area contributed by atoms with E-state index in [-0.39, 0.29) is 17.9 Å². The third kappa shape index (κ3) is 2.87. The molecule has 1 aliphatic rings. The zero-order chi connectivity index (χ0) is 12.4. The molecule has 92 valence electrons. The summed E-state index contributed by atoms with van der Waals surface area (Å²) in [5.41, 5.74) is 7.76. The first-order chi connectivity index (χ1) is 8.08. The van der Waals surface area contributed by atoms with E-state index in [9.17, 15) is 4.79 Å². The van der Waals surface area contributed by atoms with E-state index >= 15 is 0 Å². The molecule has 2 atom stereocenters. The predicted octanol–water partition coefficient (Wildman–Crippen LogP) is 2.82. The average Bonchev–Trinajstić information content (AvgIpc) is 2.72. The van der Waals surface area contributed by atoms with Crippen LogP contribution in [0.25, 0.3) is 0 Å². The van der Waals surface area contributed by atoms with Crippen molar-refractivity contribution in [1.29, 1.82) is 0 Å². The number of nitrogens with one attached hydrogen (secondary N) is 1. The Morgan fingerprint density at radius 3 is 2.88 bits per heavy atom. The number of rotatable bonds is 2. The number of carbonyl (C=O) groups excluding carboxylic acids is 1. The van der Waals surface area contributed by atoms with Gasteiger partial charge in [-0.2, -0.15) is 0 Å². The molecule has 2 unspecified atom stereocenters. The van der Waals surface area contributed by atoms with E-state index in [0.29, 0.717) is 0 Å². The topological polar surface area (TPSA) is 55.1 Å². The van der Waals surface area contributed by atoms with Crippen LogP contribution in [-0.4, -0.2) is 11.9 Å². The molecule has 0 aromatic heterocycles. The molecule has 0 spiro atoms. The first kappa shape index (κ1) is 12.6. The Balaban J connectivity index is 2.06. The minimum atomic E-state index is 0.0726. The number of benzene rings is 1. The van der Waals surface area contributed by atoms with Crippen LogP contribution in [0.15, 0.2) is 22.7 Å². The maximum Gasteiger partial charge on any atom is 0.227 e. The largest absolute Gasteiger partial charge is 0.328 e. The molecule has 4 heteroatoms. The molecule has 1 saturated carbocycles. The lowest BCUT2D eigenvalue weighted by Gasteiger charge is -2.13. The highest BCUT2D eigenvalue weighted by molar-refractivity contribution is 9.10.